The highest BCUT2D eigenvalue weighted by Crippen LogP contribution is 2.31. The summed E-state index contributed by atoms with van der Waals surface area (Å²) >= 11 is 0. The van der Waals surface area contributed by atoms with Crippen molar-refractivity contribution in [3.63, 3.8) is 0 Å². The number of rotatable bonds is 2. The lowest BCUT2D eigenvalue weighted by Gasteiger charge is -2.32. The molecule has 0 unspecified atom stereocenters. The van der Waals surface area contributed by atoms with Gasteiger partial charge in [0.25, 0.3) is 0 Å². The van der Waals surface area contributed by atoms with E-state index in [0.29, 0.717) is 12.2 Å². The van der Waals surface area contributed by atoms with Crippen molar-refractivity contribution >= 4 is 5.82 Å². The summed E-state index contributed by atoms with van der Waals surface area (Å²) in [6, 6.07) is 3.83. The van der Waals surface area contributed by atoms with Crippen molar-refractivity contribution in [3.05, 3.63) is 23.9 Å². The summed E-state index contributed by atoms with van der Waals surface area (Å²) < 4.78 is 0. The first kappa shape index (κ1) is 10.4. The molecule has 0 aliphatic heterocycles. The van der Waals surface area contributed by atoms with Gasteiger partial charge in [0.2, 0.25) is 0 Å². The zero-order chi connectivity index (χ0) is 10.7. The van der Waals surface area contributed by atoms with Crippen molar-refractivity contribution in [2.45, 2.75) is 44.1 Å². The van der Waals surface area contributed by atoms with Gasteiger partial charge in [-0.1, -0.05) is 25.3 Å². The predicted molar refractivity (Wildman–Crippen MR) is 60.4 cm³/mol. The lowest BCUT2D eigenvalue weighted by atomic mass is 9.81. The van der Waals surface area contributed by atoms with Gasteiger partial charge in [-0.05, 0) is 24.5 Å². The van der Waals surface area contributed by atoms with Crippen LogP contribution in [0.15, 0.2) is 18.3 Å². The van der Waals surface area contributed by atoms with Crippen molar-refractivity contribution in [2.75, 3.05) is 5.73 Å². The maximum Gasteiger partial charge on any atom is 0.126 e. The lowest BCUT2D eigenvalue weighted by Crippen LogP contribution is -2.34. The smallest absolute Gasteiger partial charge is 0.126 e. The van der Waals surface area contributed by atoms with Gasteiger partial charge in [0, 0.05) is 12.6 Å². The summed E-state index contributed by atoms with van der Waals surface area (Å²) in [6.07, 6.45) is 7.59. The molecule has 0 atom stereocenters. The second-order valence-electron chi connectivity index (χ2n) is 4.51. The number of aromatic nitrogens is 1. The van der Waals surface area contributed by atoms with Crippen molar-refractivity contribution in [3.8, 4) is 0 Å². The van der Waals surface area contributed by atoms with Crippen molar-refractivity contribution in [1.82, 2.24) is 4.98 Å². The van der Waals surface area contributed by atoms with Gasteiger partial charge in [-0.15, -0.1) is 0 Å². The van der Waals surface area contributed by atoms with Crippen molar-refractivity contribution < 1.29 is 5.11 Å². The Kier molecular flexibility index (Phi) is 2.91. The highest BCUT2D eigenvalue weighted by Gasteiger charge is 2.29. The summed E-state index contributed by atoms with van der Waals surface area (Å²) in [7, 11) is 0. The van der Waals surface area contributed by atoms with Gasteiger partial charge in [-0.2, -0.15) is 0 Å². The molecule has 1 aromatic rings. The summed E-state index contributed by atoms with van der Waals surface area (Å²) in [6.45, 7) is 0. The molecule has 0 radical (unpaired) electrons. The zero-order valence-corrected chi connectivity index (χ0v) is 8.95. The second kappa shape index (κ2) is 4.19. The number of pyridine rings is 1. The number of nitrogens with two attached hydrogens (primary N) is 1. The SMILES string of the molecule is Nc1ncccc1CC1(O)CCCCC1. The predicted octanol–water partition coefficient (Wildman–Crippen LogP) is 1.90. The van der Waals surface area contributed by atoms with E-state index in [2.05, 4.69) is 4.98 Å². The maximum atomic E-state index is 10.4. The number of hydrogen-bond acceptors (Lipinski definition) is 3. The standard InChI is InChI=1S/C12H18N2O/c13-11-10(5-4-8-14-11)9-12(15)6-2-1-3-7-12/h4-5,8,15H,1-3,6-7,9H2,(H2,13,14). The minimum Gasteiger partial charge on any atom is -0.390 e. The number of nitrogen functional groups attached to an aromatic ring is 1. The fourth-order valence-electron chi connectivity index (χ4n) is 2.34. The van der Waals surface area contributed by atoms with E-state index in [0.717, 1.165) is 31.2 Å². The molecule has 1 aliphatic rings. The van der Waals surface area contributed by atoms with Gasteiger partial charge >= 0.3 is 0 Å². The number of nitrogens with zero attached hydrogens (tertiary/aromatic N) is 1. The highest BCUT2D eigenvalue weighted by atomic mass is 16.3. The quantitative estimate of drug-likeness (QED) is 0.777. The molecule has 0 amide bonds. The van der Waals surface area contributed by atoms with E-state index < -0.39 is 5.60 Å². The Morgan fingerprint density at radius 3 is 2.73 bits per heavy atom. The van der Waals surface area contributed by atoms with E-state index in [1.54, 1.807) is 6.20 Å². The molecule has 15 heavy (non-hydrogen) atoms. The van der Waals surface area contributed by atoms with Gasteiger partial charge in [-0.25, -0.2) is 4.98 Å². The molecule has 0 spiro atoms. The van der Waals surface area contributed by atoms with Gasteiger partial charge in [-0.3, -0.25) is 0 Å². The summed E-state index contributed by atoms with van der Waals surface area (Å²) in [5.41, 5.74) is 6.20. The fraction of sp³-hybridized carbons (Fsp3) is 0.583. The van der Waals surface area contributed by atoms with Crippen LogP contribution >= 0.6 is 0 Å². The summed E-state index contributed by atoms with van der Waals surface area (Å²) in [5, 5.41) is 10.4. The van der Waals surface area contributed by atoms with Crippen LogP contribution in [0.25, 0.3) is 0 Å². The summed E-state index contributed by atoms with van der Waals surface area (Å²) in [4.78, 5) is 4.04. The van der Waals surface area contributed by atoms with Crippen LogP contribution in [0.1, 0.15) is 37.7 Å². The first-order chi connectivity index (χ1) is 7.20. The van der Waals surface area contributed by atoms with Crippen LogP contribution in [0.4, 0.5) is 5.82 Å². The second-order valence-corrected chi connectivity index (χ2v) is 4.51. The Labute approximate surface area is 90.3 Å². The van der Waals surface area contributed by atoms with Gasteiger partial charge in [0.15, 0.2) is 0 Å². The first-order valence-corrected chi connectivity index (χ1v) is 5.61. The third kappa shape index (κ3) is 2.48. The molecule has 0 saturated heterocycles. The first-order valence-electron chi connectivity index (χ1n) is 5.61. The largest absolute Gasteiger partial charge is 0.390 e. The van der Waals surface area contributed by atoms with Gasteiger partial charge < -0.3 is 10.8 Å². The Morgan fingerprint density at radius 2 is 2.07 bits per heavy atom. The third-order valence-electron chi connectivity index (χ3n) is 3.23. The van der Waals surface area contributed by atoms with E-state index in [1.807, 2.05) is 12.1 Å². The molecule has 3 N–H and O–H groups in total. The minimum absolute atomic E-state index is 0.546. The van der Waals surface area contributed by atoms with Crippen LogP contribution < -0.4 is 5.73 Å². The zero-order valence-electron chi connectivity index (χ0n) is 8.95. The van der Waals surface area contributed by atoms with E-state index >= 15 is 0 Å². The monoisotopic (exact) mass is 206 g/mol. The van der Waals surface area contributed by atoms with E-state index in [4.69, 9.17) is 5.73 Å². The molecule has 1 fully saturated rings. The number of anilines is 1. The van der Waals surface area contributed by atoms with Gasteiger partial charge in [0.1, 0.15) is 5.82 Å². The Bertz CT molecular complexity index is 332. The summed E-state index contributed by atoms with van der Waals surface area (Å²) in [5.74, 6) is 0.552. The third-order valence-corrected chi connectivity index (χ3v) is 3.23. The van der Waals surface area contributed by atoms with Crippen LogP contribution in [-0.2, 0) is 6.42 Å². The molecular weight excluding hydrogens is 188 g/mol. The van der Waals surface area contributed by atoms with E-state index in [9.17, 15) is 5.11 Å². The molecule has 1 aromatic heterocycles. The minimum atomic E-state index is -0.546. The molecule has 0 bridgehead atoms. The molecule has 2 rings (SSSR count). The molecule has 1 saturated carbocycles. The van der Waals surface area contributed by atoms with Gasteiger partial charge in [0.05, 0.1) is 5.60 Å². The molecule has 1 aliphatic carbocycles. The van der Waals surface area contributed by atoms with Crippen molar-refractivity contribution in [1.29, 1.82) is 0 Å². The average molecular weight is 206 g/mol. The molecular formula is C12H18N2O. The van der Waals surface area contributed by atoms with Crippen LogP contribution in [-0.4, -0.2) is 15.7 Å². The molecule has 1 heterocycles. The molecule has 82 valence electrons. The van der Waals surface area contributed by atoms with E-state index in [1.165, 1.54) is 6.42 Å². The maximum absolute atomic E-state index is 10.4. The lowest BCUT2D eigenvalue weighted by molar-refractivity contribution is 0.00457. The normalized spacial score (nSPS) is 20.1. The number of aliphatic hydroxyl groups is 1. The fourth-order valence-corrected chi connectivity index (χ4v) is 2.34. The molecule has 0 aromatic carbocycles. The van der Waals surface area contributed by atoms with E-state index in [-0.39, 0.29) is 0 Å². The van der Waals surface area contributed by atoms with Crippen LogP contribution in [0.2, 0.25) is 0 Å². The topological polar surface area (TPSA) is 59.1 Å². The molecule has 3 heteroatoms. The molecule has 3 nitrogen and oxygen atoms in total. The van der Waals surface area contributed by atoms with Crippen LogP contribution in [0.5, 0.6) is 0 Å². The number of hydrogen-bond donors (Lipinski definition) is 2. The van der Waals surface area contributed by atoms with Crippen molar-refractivity contribution in [2.24, 2.45) is 0 Å². The highest BCUT2D eigenvalue weighted by molar-refractivity contribution is 5.39. The van der Waals surface area contributed by atoms with Crippen LogP contribution in [0, 0.1) is 0 Å². The van der Waals surface area contributed by atoms with Crippen LogP contribution in [0.3, 0.4) is 0 Å². The Balaban J connectivity index is 2.10. The average Bonchev–Trinajstić information content (AvgIpc) is 2.22. The Morgan fingerprint density at radius 1 is 1.33 bits per heavy atom. The Hall–Kier alpha value is -1.09.